The molecule has 8 heteroatoms. The Balaban J connectivity index is 2.04. The lowest BCUT2D eigenvalue weighted by atomic mass is 9.98. The van der Waals surface area contributed by atoms with Crippen molar-refractivity contribution in [1.82, 2.24) is 9.88 Å². The fraction of sp³-hybridized carbons (Fsp3) is 0.571. The van der Waals surface area contributed by atoms with E-state index in [0.717, 1.165) is 31.6 Å². The van der Waals surface area contributed by atoms with Crippen LogP contribution in [0.5, 0.6) is 0 Å². The summed E-state index contributed by atoms with van der Waals surface area (Å²) < 4.78 is 4.71. The van der Waals surface area contributed by atoms with E-state index in [1.807, 2.05) is 0 Å². The summed E-state index contributed by atoms with van der Waals surface area (Å²) in [7, 11) is 1.33. The molecule has 0 spiro atoms. The first-order valence-corrected chi connectivity index (χ1v) is 7.48. The maximum atomic E-state index is 11.6. The lowest BCUT2D eigenvalue weighted by Crippen LogP contribution is -2.36. The smallest absolute Gasteiger partial charge is 0.338 e. The molecule has 0 amide bonds. The number of aromatic nitrogens is 1. The quantitative estimate of drug-likeness (QED) is 0.274. The van der Waals surface area contributed by atoms with E-state index >= 15 is 0 Å². The lowest BCUT2D eigenvalue weighted by molar-refractivity contribution is 0.0600. The standard InChI is InChI=1S/C14H18ClN5O2/c1-22-14(21)11-5-12(18-13(15)6-11)9-20-4-2-3-10(8-20)7-17-19-16/h5-6,10H,2-4,7-9H2,1H3. The highest BCUT2D eigenvalue weighted by Gasteiger charge is 2.20. The molecule has 7 nitrogen and oxygen atoms in total. The summed E-state index contributed by atoms with van der Waals surface area (Å²) in [5, 5.41) is 3.93. The van der Waals surface area contributed by atoms with Gasteiger partial charge in [0.2, 0.25) is 0 Å². The molecule has 0 aromatic carbocycles. The number of hydrogen-bond donors (Lipinski definition) is 0. The van der Waals surface area contributed by atoms with Crippen molar-refractivity contribution in [2.45, 2.75) is 19.4 Å². The Morgan fingerprint density at radius 3 is 3.18 bits per heavy atom. The zero-order chi connectivity index (χ0) is 15.9. The minimum absolute atomic E-state index is 0.278. The minimum Gasteiger partial charge on any atom is -0.465 e. The Morgan fingerprint density at radius 2 is 2.45 bits per heavy atom. The van der Waals surface area contributed by atoms with Crippen molar-refractivity contribution in [2.24, 2.45) is 11.0 Å². The average molecular weight is 324 g/mol. The number of rotatable bonds is 5. The average Bonchev–Trinajstić information content (AvgIpc) is 2.52. The van der Waals surface area contributed by atoms with E-state index in [9.17, 15) is 4.79 Å². The third kappa shape index (κ3) is 4.59. The molecule has 2 heterocycles. The Kier molecular flexibility index (Phi) is 6.00. The number of methoxy groups -OCH3 is 1. The van der Waals surface area contributed by atoms with Crippen LogP contribution in [0, 0.1) is 5.92 Å². The summed E-state index contributed by atoms with van der Waals surface area (Å²) in [5.41, 5.74) is 9.55. The Labute approximate surface area is 133 Å². The number of esters is 1. The third-order valence-electron chi connectivity index (χ3n) is 3.66. The molecule has 2 rings (SSSR count). The van der Waals surface area contributed by atoms with E-state index in [2.05, 4.69) is 19.9 Å². The topological polar surface area (TPSA) is 91.2 Å². The number of azide groups is 1. The molecule has 0 radical (unpaired) electrons. The van der Waals surface area contributed by atoms with Gasteiger partial charge in [0.15, 0.2) is 0 Å². The molecule has 0 bridgehead atoms. The third-order valence-corrected chi connectivity index (χ3v) is 3.85. The van der Waals surface area contributed by atoms with Crippen LogP contribution in [-0.4, -0.2) is 42.6 Å². The van der Waals surface area contributed by atoms with Crippen LogP contribution in [0.15, 0.2) is 17.2 Å². The first-order valence-electron chi connectivity index (χ1n) is 7.10. The summed E-state index contributed by atoms with van der Waals surface area (Å²) in [6, 6.07) is 3.20. The molecule has 0 saturated carbocycles. The van der Waals surface area contributed by atoms with Crippen molar-refractivity contribution in [2.75, 3.05) is 26.7 Å². The Bertz CT molecular complexity index is 589. The molecule has 1 fully saturated rings. The van der Waals surface area contributed by atoms with E-state index in [4.69, 9.17) is 21.9 Å². The van der Waals surface area contributed by atoms with Crippen molar-refractivity contribution in [3.63, 3.8) is 0 Å². The van der Waals surface area contributed by atoms with Crippen molar-refractivity contribution in [3.8, 4) is 0 Å². The maximum absolute atomic E-state index is 11.6. The van der Waals surface area contributed by atoms with Gasteiger partial charge in [0.25, 0.3) is 0 Å². The second-order valence-electron chi connectivity index (χ2n) is 5.32. The number of carbonyl (C=O) groups excluding carboxylic acids is 1. The summed E-state index contributed by atoms with van der Waals surface area (Å²) in [6.45, 7) is 2.93. The Morgan fingerprint density at radius 1 is 1.64 bits per heavy atom. The first kappa shape index (κ1) is 16.5. The Hall–Kier alpha value is -1.82. The van der Waals surface area contributed by atoms with Gasteiger partial charge in [-0.25, -0.2) is 9.78 Å². The summed E-state index contributed by atoms with van der Waals surface area (Å²) in [6.07, 6.45) is 2.11. The van der Waals surface area contributed by atoms with Crippen LogP contribution in [0.3, 0.4) is 0 Å². The van der Waals surface area contributed by atoms with E-state index in [-0.39, 0.29) is 5.15 Å². The van der Waals surface area contributed by atoms with E-state index in [0.29, 0.717) is 24.6 Å². The molecule has 118 valence electrons. The van der Waals surface area contributed by atoms with E-state index in [1.165, 1.54) is 13.2 Å². The van der Waals surface area contributed by atoms with Gasteiger partial charge in [0.1, 0.15) is 5.15 Å². The zero-order valence-corrected chi connectivity index (χ0v) is 13.2. The van der Waals surface area contributed by atoms with Crippen molar-refractivity contribution in [1.29, 1.82) is 0 Å². The number of hydrogen-bond acceptors (Lipinski definition) is 5. The van der Waals surface area contributed by atoms with Crippen LogP contribution >= 0.6 is 11.6 Å². The molecular formula is C14H18ClN5O2. The second-order valence-corrected chi connectivity index (χ2v) is 5.71. The minimum atomic E-state index is -0.426. The predicted molar refractivity (Wildman–Crippen MR) is 82.6 cm³/mol. The molecule has 1 unspecified atom stereocenters. The highest BCUT2D eigenvalue weighted by Crippen LogP contribution is 2.20. The van der Waals surface area contributed by atoms with Gasteiger partial charge in [-0.2, -0.15) is 0 Å². The second kappa shape index (κ2) is 7.98. The SMILES string of the molecule is COC(=O)c1cc(Cl)nc(CN2CCCC(CN=[N+]=[N-])C2)c1. The van der Waals surface area contributed by atoms with E-state index in [1.54, 1.807) is 6.07 Å². The summed E-state index contributed by atoms with van der Waals surface area (Å²) in [4.78, 5) is 20.9. The summed E-state index contributed by atoms with van der Waals surface area (Å²) in [5.74, 6) is -0.0608. The molecule has 0 N–H and O–H groups in total. The molecule has 0 aliphatic carbocycles. The number of halogens is 1. The predicted octanol–water partition coefficient (Wildman–Crippen LogP) is 3.04. The van der Waals surface area contributed by atoms with Crippen LogP contribution in [0.25, 0.3) is 10.4 Å². The van der Waals surface area contributed by atoms with Crippen LogP contribution in [0.1, 0.15) is 28.9 Å². The van der Waals surface area contributed by atoms with Crippen LogP contribution in [-0.2, 0) is 11.3 Å². The fourth-order valence-corrected chi connectivity index (χ4v) is 2.92. The van der Waals surface area contributed by atoms with Gasteiger partial charge in [0, 0.05) is 24.5 Å². The number of piperidine rings is 1. The molecular weight excluding hydrogens is 306 g/mol. The highest BCUT2D eigenvalue weighted by molar-refractivity contribution is 6.29. The van der Waals surface area contributed by atoms with Gasteiger partial charge >= 0.3 is 5.97 Å². The molecule has 22 heavy (non-hydrogen) atoms. The molecule has 1 aliphatic heterocycles. The molecule has 1 aromatic rings. The van der Waals surface area contributed by atoms with Gasteiger partial charge < -0.3 is 4.74 Å². The van der Waals surface area contributed by atoms with Gasteiger partial charge in [-0.1, -0.05) is 16.7 Å². The molecule has 1 aliphatic rings. The number of carbonyl (C=O) groups is 1. The fourth-order valence-electron chi connectivity index (χ4n) is 2.69. The van der Waals surface area contributed by atoms with Crippen LogP contribution in [0.2, 0.25) is 5.15 Å². The highest BCUT2D eigenvalue weighted by atomic mass is 35.5. The van der Waals surface area contributed by atoms with Crippen LogP contribution in [0.4, 0.5) is 0 Å². The number of likely N-dealkylation sites (tertiary alicyclic amines) is 1. The van der Waals surface area contributed by atoms with Crippen molar-refractivity contribution in [3.05, 3.63) is 39.0 Å². The van der Waals surface area contributed by atoms with Gasteiger partial charge in [-0.15, -0.1) is 0 Å². The number of nitrogens with zero attached hydrogens (tertiary/aromatic N) is 5. The number of pyridine rings is 1. The lowest BCUT2D eigenvalue weighted by Gasteiger charge is -2.31. The van der Waals surface area contributed by atoms with Crippen molar-refractivity contribution < 1.29 is 9.53 Å². The molecule has 1 aromatic heterocycles. The first-order chi connectivity index (χ1) is 10.6. The van der Waals surface area contributed by atoms with Gasteiger partial charge in [-0.05, 0) is 43.0 Å². The van der Waals surface area contributed by atoms with Crippen molar-refractivity contribution >= 4 is 17.6 Å². The largest absolute Gasteiger partial charge is 0.465 e. The molecule has 1 atom stereocenters. The van der Waals surface area contributed by atoms with Gasteiger partial charge in [0.05, 0.1) is 18.4 Å². The van der Waals surface area contributed by atoms with Crippen LogP contribution < -0.4 is 0 Å². The van der Waals surface area contributed by atoms with E-state index < -0.39 is 5.97 Å². The maximum Gasteiger partial charge on any atom is 0.338 e. The molecule has 1 saturated heterocycles. The summed E-state index contributed by atoms with van der Waals surface area (Å²) >= 11 is 5.97. The monoisotopic (exact) mass is 323 g/mol. The van der Waals surface area contributed by atoms with Gasteiger partial charge in [-0.3, -0.25) is 4.90 Å². The zero-order valence-electron chi connectivity index (χ0n) is 12.4. The number of ether oxygens (including phenoxy) is 1. The normalized spacial score (nSPS) is 18.5.